The van der Waals surface area contributed by atoms with Gasteiger partial charge in [-0.1, -0.05) is 0 Å². The lowest BCUT2D eigenvalue weighted by Gasteiger charge is -2.35. The summed E-state index contributed by atoms with van der Waals surface area (Å²) in [5.74, 6) is -0.913. The van der Waals surface area contributed by atoms with E-state index in [-0.39, 0.29) is 13.2 Å². The molecule has 0 amide bonds. The molecule has 0 saturated carbocycles. The third-order valence-corrected chi connectivity index (χ3v) is 29.2. The highest BCUT2D eigenvalue weighted by Gasteiger charge is 2.42. The maximum Gasteiger partial charge on any atom is 0.362 e. The van der Waals surface area contributed by atoms with Crippen molar-refractivity contribution in [3.05, 3.63) is 35.4 Å². The Morgan fingerprint density at radius 3 is 1.14 bits per heavy atom. The summed E-state index contributed by atoms with van der Waals surface area (Å²) < 4.78 is 59.2. The van der Waals surface area contributed by atoms with E-state index in [2.05, 4.69) is 0 Å². The number of hydrogen-bond donors (Lipinski definition) is 0. The molecule has 0 spiro atoms. The first-order chi connectivity index (χ1) is 19.8. The Labute approximate surface area is 261 Å². The molecule has 2 aliphatic heterocycles. The van der Waals surface area contributed by atoms with Gasteiger partial charge in [0, 0.05) is 0 Å². The third kappa shape index (κ3) is 12.2. The van der Waals surface area contributed by atoms with Gasteiger partial charge in [-0.25, -0.2) is 9.59 Å². The van der Waals surface area contributed by atoms with Crippen LogP contribution in [0.25, 0.3) is 0 Å². The maximum absolute atomic E-state index is 12.6. The monoisotopic (exact) mass is 720 g/mol. The number of hydrogen-bond acceptors (Lipinski definition) is 12. The Hall–Kier alpha value is -0.425. The quantitative estimate of drug-likeness (QED) is 0.198. The Balaban J connectivity index is 1.39. The number of benzene rings is 1. The van der Waals surface area contributed by atoms with Gasteiger partial charge in [0.1, 0.15) is 0 Å². The fraction of sp³-hybridized carbons (Fsp3) is 0.636. The van der Waals surface area contributed by atoms with Crippen LogP contribution in [0, 0.1) is 0 Å². The molecular formula is C22H40O12Si8. The molecule has 2 fully saturated rings. The minimum atomic E-state index is -2.49. The number of carbonyl (C=O) groups excluding carboxylic acids is 2. The van der Waals surface area contributed by atoms with Gasteiger partial charge < -0.3 is 42.4 Å². The molecule has 20 heteroatoms. The van der Waals surface area contributed by atoms with Gasteiger partial charge in [0.2, 0.25) is 0 Å². The lowest BCUT2D eigenvalue weighted by Crippen LogP contribution is -2.53. The highest BCUT2D eigenvalue weighted by Crippen LogP contribution is 2.23. The predicted octanol–water partition coefficient (Wildman–Crippen LogP) is 3.79. The Bertz CT molecular complexity index is 917. The second-order valence-corrected chi connectivity index (χ2v) is 28.1. The Morgan fingerprint density at radius 2 is 0.857 bits per heavy atom. The summed E-state index contributed by atoms with van der Waals surface area (Å²) in [5, 5.41) is 0. The molecule has 12 nitrogen and oxygen atoms in total. The molecule has 0 unspecified atom stereocenters. The van der Waals surface area contributed by atoms with Crippen molar-refractivity contribution in [1.82, 2.24) is 0 Å². The molecule has 6 radical (unpaired) electrons. The standard InChI is InChI=1S/C22H40O12Si8/c1-35-27-37(3)31-41(7,32-38(4)28-35)17-9-15-25-21(23)19-11-13-20(14-12-19)22(24)26-16-10-18-42(8)33-39(5)29-36(2)30-40(6)34-42/h11-14H,9-10,15-18H2,1-8H3. The zero-order valence-corrected chi connectivity index (χ0v) is 33.5. The predicted molar refractivity (Wildman–Crippen MR) is 167 cm³/mol. The molecule has 0 atom stereocenters. The van der Waals surface area contributed by atoms with Crippen molar-refractivity contribution in [3.63, 3.8) is 0 Å². The normalized spacial score (nSPS) is 22.1. The van der Waals surface area contributed by atoms with Gasteiger partial charge in [-0.2, -0.15) is 0 Å². The average Bonchev–Trinajstić information content (AvgIpc) is 2.86. The number of rotatable bonds is 10. The van der Waals surface area contributed by atoms with E-state index in [0.717, 1.165) is 0 Å². The highest BCUT2D eigenvalue weighted by molar-refractivity contribution is 6.82. The molecule has 2 heterocycles. The summed E-state index contributed by atoms with van der Waals surface area (Å²) in [6, 6.07) is 7.59. The first kappa shape index (κ1) is 36.0. The van der Waals surface area contributed by atoms with Gasteiger partial charge in [0.05, 0.1) is 24.3 Å². The summed E-state index contributed by atoms with van der Waals surface area (Å²) in [6.45, 7) is 16.2. The second-order valence-electron chi connectivity index (χ2n) is 10.1. The van der Waals surface area contributed by atoms with E-state index in [0.29, 0.717) is 36.1 Å². The SMILES string of the molecule is C[Si]1O[Si](C)O[Si](C)(CCCOC(=O)c2ccc(C(=O)OCCC[Si]3(C)O[Si](C)O[Si](C)O[Si](C)O3)cc2)O[Si](C)O1. The zero-order chi connectivity index (χ0) is 30.9. The van der Waals surface area contributed by atoms with Crippen LogP contribution in [-0.2, 0) is 42.4 Å². The van der Waals surface area contributed by atoms with Crippen molar-refractivity contribution in [2.45, 2.75) is 77.3 Å². The van der Waals surface area contributed by atoms with E-state index < -0.39 is 84.8 Å². The Morgan fingerprint density at radius 1 is 0.571 bits per heavy atom. The fourth-order valence-corrected chi connectivity index (χ4v) is 28.2. The zero-order valence-electron chi connectivity index (χ0n) is 25.5. The summed E-state index contributed by atoms with van der Waals surface area (Å²) in [4.78, 5) is 25.1. The van der Waals surface area contributed by atoms with Crippen LogP contribution in [-0.4, -0.2) is 98.0 Å². The van der Waals surface area contributed by atoms with Crippen molar-refractivity contribution >= 4 is 84.8 Å². The van der Waals surface area contributed by atoms with Crippen molar-refractivity contribution in [1.29, 1.82) is 0 Å². The van der Waals surface area contributed by atoms with E-state index in [1.165, 1.54) is 0 Å². The molecule has 1 aromatic carbocycles. The average molecular weight is 721 g/mol. The van der Waals surface area contributed by atoms with Crippen LogP contribution in [0.5, 0.6) is 0 Å². The van der Waals surface area contributed by atoms with E-state index in [4.69, 9.17) is 42.4 Å². The first-order valence-electron chi connectivity index (χ1n) is 13.7. The van der Waals surface area contributed by atoms with Crippen LogP contribution in [0.2, 0.25) is 64.5 Å². The molecule has 0 aromatic heterocycles. The van der Waals surface area contributed by atoms with E-state index in [1.54, 1.807) is 24.3 Å². The van der Waals surface area contributed by atoms with Crippen molar-refractivity contribution in [3.8, 4) is 0 Å². The van der Waals surface area contributed by atoms with Gasteiger partial charge in [0.25, 0.3) is 0 Å². The minimum Gasteiger partial charge on any atom is -0.462 e. The molecule has 0 aliphatic carbocycles. The van der Waals surface area contributed by atoms with Crippen LogP contribution in [0.1, 0.15) is 33.6 Å². The van der Waals surface area contributed by atoms with E-state index in [9.17, 15) is 9.59 Å². The second kappa shape index (κ2) is 16.8. The lowest BCUT2D eigenvalue weighted by molar-refractivity contribution is 0.0488. The van der Waals surface area contributed by atoms with Crippen LogP contribution in [0.15, 0.2) is 24.3 Å². The van der Waals surface area contributed by atoms with Crippen molar-refractivity contribution in [2.24, 2.45) is 0 Å². The molecule has 42 heavy (non-hydrogen) atoms. The fourth-order valence-electron chi connectivity index (χ4n) is 4.42. The number of esters is 2. The number of carbonyl (C=O) groups is 2. The largest absolute Gasteiger partial charge is 0.462 e. The van der Waals surface area contributed by atoms with Crippen LogP contribution in [0.3, 0.4) is 0 Å². The van der Waals surface area contributed by atoms with Crippen LogP contribution < -0.4 is 0 Å². The Kier molecular flexibility index (Phi) is 14.4. The minimum absolute atomic E-state index is 0.232. The molecule has 1 aromatic rings. The van der Waals surface area contributed by atoms with Gasteiger partial charge in [-0.05, 0) is 102 Å². The molecule has 0 bridgehead atoms. The van der Waals surface area contributed by atoms with Crippen molar-refractivity contribution in [2.75, 3.05) is 13.2 Å². The summed E-state index contributed by atoms with van der Waals surface area (Å²) in [5.41, 5.74) is 0.720. The van der Waals surface area contributed by atoms with Gasteiger partial charge >= 0.3 is 84.8 Å². The molecule has 2 saturated heterocycles. The summed E-state index contributed by atoms with van der Waals surface area (Å²) >= 11 is 0. The van der Waals surface area contributed by atoms with E-state index >= 15 is 0 Å². The summed E-state index contributed by atoms with van der Waals surface area (Å²) in [7, 11) is -13.5. The molecular weight excluding hydrogens is 681 g/mol. The first-order valence-corrected chi connectivity index (χ1v) is 29.6. The van der Waals surface area contributed by atoms with Gasteiger partial charge in [-0.3, -0.25) is 0 Å². The molecule has 0 N–H and O–H groups in total. The smallest absolute Gasteiger partial charge is 0.362 e. The lowest BCUT2D eigenvalue weighted by atomic mass is 10.1. The van der Waals surface area contributed by atoms with Gasteiger partial charge in [0.15, 0.2) is 0 Å². The third-order valence-electron chi connectivity index (χ3n) is 5.96. The van der Waals surface area contributed by atoms with Gasteiger partial charge in [-0.15, -0.1) is 0 Å². The summed E-state index contributed by atoms with van der Waals surface area (Å²) in [6.07, 6.45) is 1.21. The topological polar surface area (TPSA) is 126 Å². The van der Waals surface area contributed by atoms with E-state index in [1.807, 2.05) is 52.4 Å². The molecule has 3 rings (SSSR count). The highest BCUT2D eigenvalue weighted by atomic mass is 28.5. The maximum atomic E-state index is 12.6. The molecule has 2 aliphatic rings. The van der Waals surface area contributed by atoms with Crippen molar-refractivity contribution < 1.29 is 52.0 Å². The van der Waals surface area contributed by atoms with Crippen LogP contribution >= 0.6 is 0 Å². The number of ether oxygens (including phenoxy) is 2. The van der Waals surface area contributed by atoms with Crippen LogP contribution in [0.4, 0.5) is 0 Å². The molecule has 232 valence electrons.